The third-order valence-corrected chi connectivity index (χ3v) is 7.57. The molecule has 1 fully saturated rings. The molecule has 1 atom stereocenters. The molecule has 0 bridgehead atoms. The smallest absolute Gasteiger partial charge is 0.335 e. The van der Waals surface area contributed by atoms with Gasteiger partial charge in [-0.25, -0.2) is 21.6 Å². The molecule has 0 aliphatic carbocycles. The van der Waals surface area contributed by atoms with Gasteiger partial charge in [-0.1, -0.05) is 0 Å². The van der Waals surface area contributed by atoms with Gasteiger partial charge in [0, 0.05) is 19.3 Å². The van der Waals surface area contributed by atoms with Gasteiger partial charge < -0.3 is 19.8 Å². The number of sulfonamides is 1. The van der Waals surface area contributed by atoms with Crippen molar-refractivity contribution >= 4 is 37.2 Å². The van der Waals surface area contributed by atoms with Crippen LogP contribution in [0.15, 0.2) is 46.2 Å². The van der Waals surface area contributed by atoms with E-state index in [1.54, 1.807) is 4.90 Å². The van der Waals surface area contributed by atoms with Crippen LogP contribution in [0, 0.1) is 0 Å². The lowest BCUT2D eigenvalue weighted by atomic mass is 10.1. The number of aliphatic hydroxyl groups excluding tert-OH is 1. The van der Waals surface area contributed by atoms with E-state index in [2.05, 4.69) is 4.72 Å². The number of anilines is 2. The lowest BCUT2D eigenvalue weighted by Gasteiger charge is -2.33. The largest absolute Gasteiger partial charge is 0.495 e. The fourth-order valence-electron chi connectivity index (χ4n) is 3.50. The van der Waals surface area contributed by atoms with Gasteiger partial charge in [0.2, 0.25) is 0 Å². The summed E-state index contributed by atoms with van der Waals surface area (Å²) in [5.41, 5.74) is 0.133. The van der Waals surface area contributed by atoms with Crippen LogP contribution >= 0.6 is 0 Å². The van der Waals surface area contributed by atoms with Crippen molar-refractivity contribution in [3.05, 3.63) is 42.0 Å². The van der Waals surface area contributed by atoms with Crippen molar-refractivity contribution in [2.24, 2.45) is 0 Å². The van der Waals surface area contributed by atoms with E-state index >= 15 is 0 Å². The van der Waals surface area contributed by atoms with Gasteiger partial charge in [0.05, 0.1) is 35.0 Å². The zero-order valence-corrected chi connectivity index (χ0v) is 19.1. The van der Waals surface area contributed by atoms with E-state index in [0.717, 1.165) is 12.3 Å². The van der Waals surface area contributed by atoms with Crippen LogP contribution in [0.2, 0.25) is 0 Å². The van der Waals surface area contributed by atoms with Crippen LogP contribution in [0.3, 0.4) is 0 Å². The SMILES string of the molecule is COc1ccc(C(=O)O)cc1S(=O)(=O)Nc1cc(S(C)(=O)=O)ccc1N1CCCC(O)C1. The number of piperidine rings is 1. The van der Waals surface area contributed by atoms with E-state index < -0.39 is 36.8 Å². The van der Waals surface area contributed by atoms with E-state index in [9.17, 15) is 31.8 Å². The number of benzene rings is 2. The van der Waals surface area contributed by atoms with Crippen molar-refractivity contribution in [1.29, 1.82) is 0 Å². The molecule has 174 valence electrons. The summed E-state index contributed by atoms with van der Waals surface area (Å²) < 4.78 is 58.0. The maximum Gasteiger partial charge on any atom is 0.335 e. The van der Waals surface area contributed by atoms with Crippen molar-refractivity contribution in [3.63, 3.8) is 0 Å². The average Bonchev–Trinajstić information content (AvgIpc) is 2.72. The Morgan fingerprint density at radius 1 is 1.16 bits per heavy atom. The summed E-state index contributed by atoms with van der Waals surface area (Å²) in [7, 11) is -6.76. The fourth-order valence-corrected chi connectivity index (χ4v) is 5.40. The van der Waals surface area contributed by atoms with Crippen molar-refractivity contribution in [2.75, 3.05) is 36.1 Å². The summed E-state index contributed by atoms with van der Waals surface area (Å²) in [6.07, 6.45) is 1.69. The predicted molar refractivity (Wildman–Crippen MR) is 118 cm³/mol. The van der Waals surface area contributed by atoms with Gasteiger partial charge in [0.15, 0.2) is 9.84 Å². The molecule has 0 spiro atoms. The van der Waals surface area contributed by atoms with Crippen LogP contribution in [0.5, 0.6) is 5.75 Å². The highest BCUT2D eigenvalue weighted by Gasteiger charge is 2.26. The van der Waals surface area contributed by atoms with Crippen molar-refractivity contribution < 1.29 is 36.6 Å². The Kier molecular flexibility index (Phi) is 6.67. The standard InChI is InChI=1S/C20H24N2O8S2/c1-30-18-8-5-13(20(24)25)10-19(18)32(28,29)21-16-11-15(31(2,26)27)6-7-17(16)22-9-3-4-14(23)12-22/h5-8,10-11,14,21,23H,3-4,9,12H2,1-2H3,(H,24,25). The molecule has 1 unspecified atom stereocenters. The molecule has 2 aromatic carbocycles. The molecule has 1 aliphatic rings. The molecule has 2 aromatic rings. The minimum absolute atomic E-state index is 0.00944. The number of nitrogens with zero attached hydrogens (tertiary/aromatic N) is 1. The minimum Gasteiger partial charge on any atom is -0.495 e. The third kappa shape index (κ3) is 5.14. The maximum absolute atomic E-state index is 13.2. The Balaban J connectivity index is 2.12. The third-order valence-electron chi connectivity index (χ3n) is 5.08. The lowest BCUT2D eigenvalue weighted by molar-refractivity contribution is 0.0696. The number of carboxylic acid groups (broad SMARTS) is 1. The molecule has 0 radical (unpaired) electrons. The fraction of sp³-hybridized carbons (Fsp3) is 0.350. The maximum atomic E-state index is 13.2. The molecule has 0 amide bonds. The average molecular weight is 485 g/mol. The normalized spacial score (nSPS) is 17.1. The summed E-state index contributed by atoms with van der Waals surface area (Å²) in [4.78, 5) is 12.6. The first kappa shape index (κ1) is 23.8. The van der Waals surface area contributed by atoms with Crippen molar-refractivity contribution in [1.82, 2.24) is 0 Å². The second-order valence-electron chi connectivity index (χ2n) is 7.47. The molecule has 1 saturated heterocycles. The Hall–Kier alpha value is -2.83. The van der Waals surface area contributed by atoms with E-state index in [0.29, 0.717) is 25.1 Å². The Labute approximate surface area is 186 Å². The highest BCUT2D eigenvalue weighted by atomic mass is 32.2. The van der Waals surface area contributed by atoms with Crippen LogP contribution in [0.1, 0.15) is 23.2 Å². The van der Waals surface area contributed by atoms with Gasteiger partial charge in [0.1, 0.15) is 10.6 Å². The minimum atomic E-state index is -4.37. The highest BCUT2D eigenvalue weighted by molar-refractivity contribution is 7.93. The second kappa shape index (κ2) is 8.96. The summed E-state index contributed by atoms with van der Waals surface area (Å²) >= 11 is 0. The van der Waals surface area contributed by atoms with Gasteiger partial charge >= 0.3 is 5.97 Å². The van der Waals surface area contributed by atoms with Crippen LogP contribution in [0.4, 0.5) is 11.4 Å². The van der Waals surface area contributed by atoms with Gasteiger partial charge in [-0.3, -0.25) is 4.72 Å². The number of carboxylic acids is 1. The summed E-state index contributed by atoms with van der Waals surface area (Å²) in [5, 5.41) is 19.3. The predicted octanol–water partition coefficient (Wildman–Crippen LogP) is 1.56. The molecule has 32 heavy (non-hydrogen) atoms. The number of rotatable bonds is 7. The van der Waals surface area contributed by atoms with Crippen LogP contribution in [0.25, 0.3) is 0 Å². The monoisotopic (exact) mass is 484 g/mol. The topological polar surface area (TPSA) is 150 Å². The molecule has 1 heterocycles. The van der Waals surface area contributed by atoms with Crippen LogP contribution in [-0.4, -0.2) is 65.6 Å². The van der Waals surface area contributed by atoms with E-state index in [-0.39, 0.29) is 28.4 Å². The molecular weight excluding hydrogens is 460 g/mol. The van der Waals surface area contributed by atoms with Gasteiger partial charge in [-0.2, -0.15) is 0 Å². The molecule has 0 aromatic heterocycles. The summed E-state index contributed by atoms with van der Waals surface area (Å²) in [6.45, 7) is 0.798. The Morgan fingerprint density at radius 3 is 2.47 bits per heavy atom. The van der Waals surface area contributed by atoms with E-state index in [4.69, 9.17) is 4.74 Å². The highest BCUT2D eigenvalue weighted by Crippen LogP contribution is 2.34. The van der Waals surface area contributed by atoms with E-state index in [1.807, 2.05) is 0 Å². The molecule has 3 rings (SSSR count). The first-order valence-electron chi connectivity index (χ1n) is 9.63. The summed E-state index contributed by atoms with van der Waals surface area (Å²) in [6, 6.07) is 7.47. The molecule has 1 aliphatic heterocycles. The molecule has 12 heteroatoms. The van der Waals surface area contributed by atoms with Gasteiger partial charge in [-0.15, -0.1) is 0 Å². The lowest BCUT2D eigenvalue weighted by Crippen LogP contribution is -2.38. The van der Waals surface area contributed by atoms with Crippen molar-refractivity contribution in [3.8, 4) is 5.75 Å². The number of ether oxygens (including phenoxy) is 1. The first-order valence-corrected chi connectivity index (χ1v) is 13.0. The molecule has 3 N–H and O–H groups in total. The van der Waals surface area contributed by atoms with Gasteiger partial charge in [0.25, 0.3) is 10.0 Å². The number of carbonyl (C=O) groups is 1. The number of hydrogen-bond donors (Lipinski definition) is 3. The molecule has 10 nitrogen and oxygen atoms in total. The van der Waals surface area contributed by atoms with Crippen LogP contribution in [-0.2, 0) is 19.9 Å². The number of hydrogen-bond acceptors (Lipinski definition) is 8. The first-order chi connectivity index (χ1) is 14.9. The Bertz CT molecular complexity index is 1240. The zero-order chi connectivity index (χ0) is 23.7. The number of sulfone groups is 1. The Morgan fingerprint density at radius 2 is 1.88 bits per heavy atom. The second-order valence-corrected chi connectivity index (χ2v) is 11.1. The van der Waals surface area contributed by atoms with Crippen LogP contribution < -0.4 is 14.4 Å². The number of methoxy groups -OCH3 is 1. The molecular formula is C20H24N2O8S2. The number of β-amino-alcohol motifs (C(OH)–C–C–N with tert-alkyl or cyclic N) is 1. The van der Waals surface area contributed by atoms with Crippen molar-refractivity contribution in [2.45, 2.75) is 28.7 Å². The number of nitrogens with one attached hydrogen (secondary N) is 1. The number of aromatic carboxylic acids is 1. The number of aliphatic hydroxyl groups is 1. The van der Waals surface area contributed by atoms with Gasteiger partial charge in [-0.05, 0) is 49.2 Å². The zero-order valence-electron chi connectivity index (χ0n) is 17.5. The quantitative estimate of drug-likeness (QED) is 0.532. The summed E-state index contributed by atoms with van der Waals surface area (Å²) in [5.74, 6) is -1.39. The van der Waals surface area contributed by atoms with E-state index in [1.165, 1.54) is 37.4 Å². The molecule has 0 saturated carbocycles.